The lowest BCUT2D eigenvalue weighted by atomic mass is 9.81. The van der Waals surface area contributed by atoms with Gasteiger partial charge in [-0.05, 0) is 33.9 Å². The van der Waals surface area contributed by atoms with E-state index < -0.39 is 5.60 Å². The minimum atomic E-state index is -0.749. The minimum Gasteiger partial charge on any atom is -0.391 e. The first-order chi connectivity index (χ1) is 5.41. The lowest BCUT2D eigenvalue weighted by molar-refractivity contribution is -0.0780. The summed E-state index contributed by atoms with van der Waals surface area (Å²) < 4.78 is 0. The molecule has 0 spiro atoms. The monoisotopic (exact) mass is 173 g/mol. The fourth-order valence-corrected chi connectivity index (χ4v) is 1.91. The van der Waals surface area contributed by atoms with E-state index in [1.165, 1.54) is 0 Å². The van der Waals surface area contributed by atoms with E-state index in [0.29, 0.717) is 6.54 Å². The first-order valence-electron chi connectivity index (χ1n) is 4.50. The molecule has 0 aromatic carbocycles. The molecule has 3 nitrogen and oxygen atoms in total. The molecular formula is C9H19NO2. The molecule has 1 aliphatic heterocycles. The minimum absolute atomic E-state index is 0.0219. The lowest BCUT2D eigenvalue weighted by Crippen LogP contribution is -2.49. The van der Waals surface area contributed by atoms with Gasteiger partial charge in [0.05, 0.1) is 11.7 Å². The average molecular weight is 173 g/mol. The maximum Gasteiger partial charge on any atom is 0.0722 e. The second kappa shape index (κ2) is 3.32. The van der Waals surface area contributed by atoms with Crippen LogP contribution < -0.4 is 0 Å². The Kier molecular flexibility index (Phi) is 2.76. The van der Waals surface area contributed by atoms with Crippen LogP contribution in [0.1, 0.15) is 20.3 Å². The molecule has 0 radical (unpaired) electrons. The van der Waals surface area contributed by atoms with E-state index >= 15 is 0 Å². The van der Waals surface area contributed by atoms with Crippen LogP contribution in [0.3, 0.4) is 0 Å². The van der Waals surface area contributed by atoms with Gasteiger partial charge in [0.25, 0.3) is 0 Å². The van der Waals surface area contributed by atoms with Gasteiger partial charge in [0.2, 0.25) is 0 Å². The van der Waals surface area contributed by atoms with Gasteiger partial charge in [0.15, 0.2) is 0 Å². The number of nitrogens with zero attached hydrogens (tertiary/aromatic N) is 1. The number of piperidine rings is 1. The second-order valence-electron chi connectivity index (χ2n) is 4.38. The van der Waals surface area contributed by atoms with Gasteiger partial charge in [-0.3, -0.25) is 0 Å². The molecule has 1 fully saturated rings. The van der Waals surface area contributed by atoms with E-state index in [1.807, 2.05) is 7.05 Å². The summed E-state index contributed by atoms with van der Waals surface area (Å²) in [7, 11) is 1.99. The van der Waals surface area contributed by atoms with Crippen molar-refractivity contribution in [2.24, 2.45) is 5.92 Å². The first-order valence-corrected chi connectivity index (χ1v) is 4.50. The summed E-state index contributed by atoms with van der Waals surface area (Å²) in [6.07, 6.45) is 0.491. The molecule has 0 aromatic rings. The molecule has 2 unspecified atom stereocenters. The molecule has 2 atom stereocenters. The normalized spacial score (nSPS) is 33.8. The topological polar surface area (TPSA) is 43.7 Å². The molecule has 72 valence electrons. The van der Waals surface area contributed by atoms with Crippen LogP contribution in [-0.2, 0) is 0 Å². The Morgan fingerprint density at radius 1 is 1.42 bits per heavy atom. The maximum absolute atomic E-state index is 9.72. The third-order valence-corrected chi connectivity index (χ3v) is 2.69. The van der Waals surface area contributed by atoms with E-state index in [9.17, 15) is 10.2 Å². The predicted octanol–water partition coefficient (Wildman–Crippen LogP) is 0.0699. The summed E-state index contributed by atoms with van der Waals surface area (Å²) in [5.74, 6) is 0.0219. The number of aliphatic hydroxyl groups excluding tert-OH is 1. The van der Waals surface area contributed by atoms with Crippen LogP contribution in [0, 0.1) is 5.92 Å². The molecule has 0 aromatic heterocycles. The Morgan fingerprint density at radius 2 is 2.00 bits per heavy atom. The van der Waals surface area contributed by atoms with Gasteiger partial charge < -0.3 is 15.1 Å². The molecule has 1 aliphatic rings. The SMILES string of the molecule is CN1CCC(C(C)(C)O)C(O)C1. The van der Waals surface area contributed by atoms with Gasteiger partial charge >= 0.3 is 0 Å². The van der Waals surface area contributed by atoms with Crippen molar-refractivity contribution in [2.45, 2.75) is 32.0 Å². The summed E-state index contributed by atoms with van der Waals surface area (Å²) in [6.45, 7) is 5.18. The molecule has 0 amide bonds. The van der Waals surface area contributed by atoms with Gasteiger partial charge in [0, 0.05) is 12.5 Å². The average Bonchev–Trinajstić information content (AvgIpc) is 1.83. The Bertz CT molecular complexity index is 153. The standard InChI is InChI=1S/C9H19NO2/c1-9(2,12)7-4-5-10(3)6-8(7)11/h7-8,11-12H,4-6H2,1-3H3. The van der Waals surface area contributed by atoms with E-state index in [2.05, 4.69) is 4.90 Å². The first kappa shape index (κ1) is 9.96. The lowest BCUT2D eigenvalue weighted by Gasteiger charge is -2.39. The van der Waals surface area contributed by atoms with Gasteiger partial charge in [-0.25, -0.2) is 0 Å². The highest BCUT2D eigenvalue weighted by Crippen LogP contribution is 2.27. The van der Waals surface area contributed by atoms with Crippen molar-refractivity contribution in [2.75, 3.05) is 20.1 Å². The number of likely N-dealkylation sites (tertiary alicyclic amines) is 1. The van der Waals surface area contributed by atoms with Crippen molar-refractivity contribution in [3.8, 4) is 0 Å². The second-order valence-corrected chi connectivity index (χ2v) is 4.38. The molecule has 3 heteroatoms. The molecule has 12 heavy (non-hydrogen) atoms. The van der Waals surface area contributed by atoms with Crippen molar-refractivity contribution in [1.29, 1.82) is 0 Å². The zero-order valence-corrected chi connectivity index (χ0v) is 8.12. The molecule has 0 aliphatic carbocycles. The molecule has 1 heterocycles. The van der Waals surface area contributed by atoms with Crippen molar-refractivity contribution in [1.82, 2.24) is 4.90 Å². The summed E-state index contributed by atoms with van der Waals surface area (Å²) in [5, 5.41) is 19.4. The summed E-state index contributed by atoms with van der Waals surface area (Å²) in [4.78, 5) is 2.09. The maximum atomic E-state index is 9.72. The molecule has 2 N–H and O–H groups in total. The molecule has 0 bridgehead atoms. The number of hydrogen-bond donors (Lipinski definition) is 2. The third-order valence-electron chi connectivity index (χ3n) is 2.69. The van der Waals surface area contributed by atoms with Gasteiger partial charge in [-0.2, -0.15) is 0 Å². The Hall–Kier alpha value is -0.120. The van der Waals surface area contributed by atoms with Gasteiger partial charge in [-0.15, -0.1) is 0 Å². The Balaban J connectivity index is 2.57. The van der Waals surface area contributed by atoms with Crippen LogP contribution in [0.15, 0.2) is 0 Å². The van der Waals surface area contributed by atoms with Gasteiger partial charge in [-0.1, -0.05) is 0 Å². The van der Waals surface area contributed by atoms with E-state index in [-0.39, 0.29) is 12.0 Å². The van der Waals surface area contributed by atoms with Crippen LogP contribution >= 0.6 is 0 Å². The zero-order valence-electron chi connectivity index (χ0n) is 8.12. The van der Waals surface area contributed by atoms with Crippen LogP contribution in [-0.4, -0.2) is 47.0 Å². The van der Waals surface area contributed by atoms with E-state index in [1.54, 1.807) is 13.8 Å². The molecule has 0 saturated carbocycles. The number of β-amino-alcohol motifs (C(OH)–C–C–N with tert-alkyl or cyclic N) is 1. The highest BCUT2D eigenvalue weighted by Gasteiger charge is 2.36. The molecule has 1 saturated heterocycles. The molecular weight excluding hydrogens is 154 g/mol. The van der Waals surface area contributed by atoms with Crippen molar-refractivity contribution < 1.29 is 10.2 Å². The quantitative estimate of drug-likeness (QED) is 0.590. The Labute approximate surface area is 74.0 Å². The Morgan fingerprint density at radius 3 is 2.42 bits per heavy atom. The van der Waals surface area contributed by atoms with Crippen molar-refractivity contribution >= 4 is 0 Å². The summed E-state index contributed by atoms with van der Waals surface area (Å²) in [6, 6.07) is 0. The van der Waals surface area contributed by atoms with Crippen LogP contribution in [0.25, 0.3) is 0 Å². The smallest absolute Gasteiger partial charge is 0.0722 e. The number of hydrogen-bond acceptors (Lipinski definition) is 3. The van der Waals surface area contributed by atoms with Crippen molar-refractivity contribution in [3.63, 3.8) is 0 Å². The summed E-state index contributed by atoms with van der Waals surface area (Å²) >= 11 is 0. The van der Waals surface area contributed by atoms with Crippen LogP contribution in [0.4, 0.5) is 0 Å². The third kappa shape index (κ3) is 2.19. The predicted molar refractivity (Wildman–Crippen MR) is 47.9 cm³/mol. The zero-order chi connectivity index (χ0) is 9.35. The van der Waals surface area contributed by atoms with Crippen molar-refractivity contribution in [3.05, 3.63) is 0 Å². The molecule has 1 rings (SSSR count). The summed E-state index contributed by atoms with van der Waals surface area (Å²) in [5.41, 5.74) is -0.749. The van der Waals surface area contributed by atoms with Crippen LogP contribution in [0.2, 0.25) is 0 Å². The van der Waals surface area contributed by atoms with E-state index in [4.69, 9.17) is 0 Å². The number of rotatable bonds is 1. The fraction of sp³-hybridized carbons (Fsp3) is 1.00. The van der Waals surface area contributed by atoms with Crippen LogP contribution in [0.5, 0.6) is 0 Å². The van der Waals surface area contributed by atoms with Gasteiger partial charge in [0.1, 0.15) is 0 Å². The number of aliphatic hydroxyl groups is 2. The highest BCUT2D eigenvalue weighted by atomic mass is 16.3. The largest absolute Gasteiger partial charge is 0.391 e. The fourth-order valence-electron chi connectivity index (χ4n) is 1.91. The highest BCUT2D eigenvalue weighted by molar-refractivity contribution is 4.88. The van der Waals surface area contributed by atoms with E-state index in [0.717, 1.165) is 13.0 Å². The number of likely N-dealkylation sites (N-methyl/N-ethyl adjacent to an activating group) is 1.